The summed E-state index contributed by atoms with van der Waals surface area (Å²) in [5.74, 6) is 0.0606. The lowest BCUT2D eigenvalue weighted by molar-refractivity contribution is -0.0470. The van der Waals surface area contributed by atoms with E-state index in [2.05, 4.69) is 24.3 Å². The highest BCUT2D eigenvalue weighted by atomic mass is 16.6. The van der Waals surface area contributed by atoms with E-state index in [1.807, 2.05) is 45.0 Å². The van der Waals surface area contributed by atoms with Crippen molar-refractivity contribution in [2.24, 2.45) is 5.41 Å². The number of carbonyl (C=O) groups is 1. The number of amides is 1. The number of aliphatic hydroxyl groups is 1. The number of hydrogen-bond acceptors (Lipinski definition) is 3. The molecule has 1 fully saturated rings. The van der Waals surface area contributed by atoms with E-state index >= 15 is 0 Å². The van der Waals surface area contributed by atoms with Crippen molar-refractivity contribution in [2.75, 3.05) is 19.7 Å². The first-order valence-electron chi connectivity index (χ1n) is 9.62. The maximum absolute atomic E-state index is 12.6. The van der Waals surface area contributed by atoms with Gasteiger partial charge in [0.05, 0.1) is 12.1 Å². The summed E-state index contributed by atoms with van der Waals surface area (Å²) in [4.78, 5) is 14.3. The molecule has 27 heavy (non-hydrogen) atoms. The normalized spacial score (nSPS) is 21.9. The minimum atomic E-state index is -0.863. The highest BCUT2D eigenvalue weighted by Crippen LogP contribution is 2.44. The second kappa shape index (κ2) is 6.38. The number of fused-ring (bicyclic) bond motifs is 3. The number of benzene rings is 2. The lowest BCUT2D eigenvalue weighted by Gasteiger charge is -2.36. The van der Waals surface area contributed by atoms with Crippen LogP contribution in [0, 0.1) is 5.41 Å². The zero-order chi connectivity index (χ0) is 19.2. The molecular formula is C23H27NO3. The molecule has 1 heterocycles. The molecule has 2 aromatic carbocycles. The fourth-order valence-electron chi connectivity index (χ4n) is 4.25. The van der Waals surface area contributed by atoms with Gasteiger partial charge in [-0.3, -0.25) is 0 Å². The van der Waals surface area contributed by atoms with Gasteiger partial charge in [-0.05, 0) is 34.1 Å². The van der Waals surface area contributed by atoms with Crippen molar-refractivity contribution < 1.29 is 14.6 Å². The Hall–Kier alpha value is -2.33. The molecule has 1 aliphatic carbocycles. The number of rotatable bonds is 2. The molecule has 0 radical (unpaired) electrons. The van der Waals surface area contributed by atoms with Crippen molar-refractivity contribution >= 4 is 6.09 Å². The summed E-state index contributed by atoms with van der Waals surface area (Å²) in [5, 5.41) is 10.8. The fraction of sp³-hybridized carbons (Fsp3) is 0.435. The van der Waals surface area contributed by atoms with Gasteiger partial charge in [0.2, 0.25) is 0 Å². The molecule has 0 saturated carbocycles. The lowest BCUT2D eigenvalue weighted by atomic mass is 9.76. The quantitative estimate of drug-likeness (QED) is 0.857. The van der Waals surface area contributed by atoms with Crippen LogP contribution in [0.25, 0.3) is 11.1 Å². The number of β-amino-alcohol motifs (C(OH)–C–C–N with tert-alkyl or cyclic N) is 1. The van der Waals surface area contributed by atoms with Crippen molar-refractivity contribution in [2.45, 2.75) is 38.7 Å². The van der Waals surface area contributed by atoms with Gasteiger partial charge in [-0.25, -0.2) is 4.79 Å². The molecular weight excluding hydrogens is 338 g/mol. The van der Waals surface area contributed by atoms with E-state index in [0.717, 1.165) is 0 Å². The fourth-order valence-corrected chi connectivity index (χ4v) is 4.25. The third-order valence-electron chi connectivity index (χ3n) is 6.24. The molecule has 4 rings (SSSR count). The van der Waals surface area contributed by atoms with Crippen LogP contribution < -0.4 is 0 Å². The Bertz CT molecular complexity index is 824. The molecule has 1 atom stereocenters. The number of carbonyl (C=O) groups excluding carboxylic acids is 1. The highest BCUT2D eigenvalue weighted by Gasteiger charge is 2.47. The third kappa shape index (κ3) is 3.02. The van der Waals surface area contributed by atoms with Gasteiger partial charge in [-0.15, -0.1) is 0 Å². The van der Waals surface area contributed by atoms with Gasteiger partial charge in [-0.2, -0.15) is 0 Å². The average Bonchev–Trinajstić information content (AvgIpc) is 3.19. The summed E-state index contributed by atoms with van der Waals surface area (Å²) in [6, 6.07) is 16.6. The molecule has 2 aromatic rings. The standard InChI is InChI=1S/C23H27NO3/c1-22(2,3)23(26)12-13-24(15-23)21(25)27-14-20-18-10-6-4-8-16(18)17-9-5-7-11-19(17)20/h4-11,20,26H,12-15H2,1-3H3. The van der Waals surface area contributed by atoms with Crippen LogP contribution in [0.15, 0.2) is 48.5 Å². The van der Waals surface area contributed by atoms with E-state index in [9.17, 15) is 9.90 Å². The second-order valence-corrected chi connectivity index (χ2v) is 8.76. The molecule has 4 nitrogen and oxygen atoms in total. The summed E-state index contributed by atoms with van der Waals surface area (Å²) in [7, 11) is 0. The minimum absolute atomic E-state index is 0.0606. The van der Waals surface area contributed by atoms with E-state index < -0.39 is 5.60 Å². The molecule has 142 valence electrons. The van der Waals surface area contributed by atoms with Gasteiger partial charge >= 0.3 is 6.09 Å². The molecule has 1 saturated heterocycles. The SMILES string of the molecule is CC(C)(C)C1(O)CCN(C(=O)OCC2c3ccccc3-c3ccccc32)C1. The van der Waals surface area contributed by atoms with Crippen LogP contribution >= 0.6 is 0 Å². The summed E-state index contributed by atoms with van der Waals surface area (Å²) in [6.45, 7) is 7.20. The van der Waals surface area contributed by atoms with Gasteiger partial charge in [0.15, 0.2) is 0 Å². The van der Waals surface area contributed by atoms with Crippen LogP contribution in [0.1, 0.15) is 44.2 Å². The van der Waals surface area contributed by atoms with Crippen LogP contribution in [-0.4, -0.2) is 41.4 Å². The smallest absolute Gasteiger partial charge is 0.409 e. The number of likely N-dealkylation sites (tertiary alicyclic amines) is 1. The Morgan fingerprint density at radius 2 is 1.67 bits per heavy atom. The molecule has 1 unspecified atom stereocenters. The first-order valence-corrected chi connectivity index (χ1v) is 9.62. The average molecular weight is 365 g/mol. The van der Waals surface area contributed by atoms with Crippen LogP contribution in [0.4, 0.5) is 4.79 Å². The van der Waals surface area contributed by atoms with E-state index in [-0.39, 0.29) is 17.4 Å². The Morgan fingerprint density at radius 3 is 2.19 bits per heavy atom. The van der Waals surface area contributed by atoms with Crippen LogP contribution in [-0.2, 0) is 4.74 Å². The molecule has 1 aliphatic heterocycles. The molecule has 1 N–H and O–H groups in total. The lowest BCUT2D eigenvalue weighted by Crippen LogP contribution is -2.46. The number of nitrogens with zero attached hydrogens (tertiary/aromatic N) is 1. The van der Waals surface area contributed by atoms with Crippen LogP contribution in [0.2, 0.25) is 0 Å². The van der Waals surface area contributed by atoms with Crippen LogP contribution in [0.5, 0.6) is 0 Å². The number of hydrogen-bond donors (Lipinski definition) is 1. The summed E-state index contributed by atoms with van der Waals surface area (Å²) in [6.07, 6.45) is 0.248. The largest absolute Gasteiger partial charge is 0.448 e. The molecule has 0 aromatic heterocycles. The third-order valence-corrected chi connectivity index (χ3v) is 6.24. The van der Waals surface area contributed by atoms with E-state index in [0.29, 0.717) is 26.1 Å². The Kier molecular flexibility index (Phi) is 4.26. The maximum Gasteiger partial charge on any atom is 0.409 e. The Labute approximate surface area is 160 Å². The highest BCUT2D eigenvalue weighted by molar-refractivity contribution is 5.79. The van der Waals surface area contributed by atoms with E-state index in [4.69, 9.17) is 4.74 Å². The van der Waals surface area contributed by atoms with Gasteiger partial charge in [0, 0.05) is 12.5 Å². The van der Waals surface area contributed by atoms with E-state index in [1.165, 1.54) is 22.3 Å². The van der Waals surface area contributed by atoms with Gasteiger partial charge < -0.3 is 14.7 Å². The zero-order valence-corrected chi connectivity index (χ0v) is 16.2. The van der Waals surface area contributed by atoms with Crippen LogP contribution in [0.3, 0.4) is 0 Å². The Morgan fingerprint density at radius 1 is 1.11 bits per heavy atom. The van der Waals surface area contributed by atoms with Crippen molar-refractivity contribution in [3.05, 3.63) is 59.7 Å². The number of ether oxygens (including phenoxy) is 1. The minimum Gasteiger partial charge on any atom is -0.448 e. The predicted molar refractivity (Wildman–Crippen MR) is 106 cm³/mol. The molecule has 0 bridgehead atoms. The van der Waals surface area contributed by atoms with Crippen molar-refractivity contribution in [1.82, 2.24) is 4.90 Å². The first-order chi connectivity index (χ1) is 12.8. The molecule has 4 heteroatoms. The summed E-state index contributed by atoms with van der Waals surface area (Å²) >= 11 is 0. The topological polar surface area (TPSA) is 49.8 Å². The first kappa shape index (κ1) is 18.1. The van der Waals surface area contributed by atoms with Gasteiger partial charge in [0.1, 0.15) is 6.61 Å². The predicted octanol–water partition coefficient (Wildman–Crippen LogP) is 4.42. The van der Waals surface area contributed by atoms with Gasteiger partial charge in [-0.1, -0.05) is 69.3 Å². The molecule has 0 spiro atoms. The van der Waals surface area contributed by atoms with Crippen molar-refractivity contribution in [1.29, 1.82) is 0 Å². The van der Waals surface area contributed by atoms with Crippen molar-refractivity contribution in [3.63, 3.8) is 0 Å². The maximum atomic E-state index is 12.6. The van der Waals surface area contributed by atoms with Crippen molar-refractivity contribution in [3.8, 4) is 11.1 Å². The summed E-state index contributed by atoms with van der Waals surface area (Å²) in [5.41, 5.74) is 3.72. The van der Waals surface area contributed by atoms with E-state index in [1.54, 1.807) is 4.90 Å². The monoisotopic (exact) mass is 365 g/mol. The zero-order valence-electron chi connectivity index (χ0n) is 16.2. The second-order valence-electron chi connectivity index (χ2n) is 8.76. The molecule has 1 amide bonds. The summed E-state index contributed by atoms with van der Waals surface area (Å²) < 4.78 is 5.71. The van der Waals surface area contributed by atoms with Gasteiger partial charge in [0.25, 0.3) is 0 Å². The Balaban J connectivity index is 1.48. The molecule has 2 aliphatic rings.